The van der Waals surface area contributed by atoms with Crippen molar-refractivity contribution in [3.8, 4) is 6.07 Å². The van der Waals surface area contributed by atoms with Crippen LogP contribution < -0.4 is 5.32 Å². The maximum absolute atomic E-state index is 14.1. The highest BCUT2D eigenvalue weighted by molar-refractivity contribution is 6.76. The van der Waals surface area contributed by atoms with Gasteiger partial charge in [0.2, 0.25) is 5.82 Å². The molecule has 6 unspecified atom stereocenters. The number of carbonyl (C=O) groups is 1. The summed E-state index contributed by atoms with van der Waals surface area (Å²) in [6.07, 6.45) is 2.29. The molecule has 2 aromatic heterocycles. The number of carbonyl (C=O) groups excluding carboxylic acids is 1. The first-order valence-corrected chi connectivity index (χ1v) is 30.6. The average Bonchev–Trinajstić information content (AvgIpc) is 3.65. The summed E-state index contributed by atoms with van der Waals surface area (Å²) in [4.78, 5) is 23.7. The second kappa shape index (κ2) is 16.8. The van der Waals surface area contributed by atoms with Gasteiger partial charge in [0.1, 0.15) is 12.8 Å². The Morgan fingerprint density at radius 2 is 1.64 bits per heavy atom. The molecule has 1 N–H and O–H groups in total. The lowest BCUT2D eigenvalue weighted by Gasteiger charge is -2.47. The molecule has 3 aliphatic rings. The summed E-state index contributed by atoms with van der Waals surface area (Å²) in [5.74, 6) is -2.26. The van der Waals surface area contributed by atoms with Gasteiger partial charge in [-0.15, -0.1) is 0 Å². The van der Waals surface area contributed by atoms with Gasteiger partial charge >= 0.3 is 0 Å². The minimum Gasteiger partial charge on any atom is -0.414 e. The number of pyridine rings is 1. The predicted molar refractivity (Wildman–Crippen MR) is 243 cm³/mol. The van der Waals surface area contributed by atoms with Crippen LogP contribution in [0.3, 0.4) is 0 Å². The van der Waals surface area contributed by atoms with Gasteiger partial charge in [0.25, 0.3) is 5.91 Å². The Hall–Kier alpha value is -2.45. The standard InChI is InChI=1S/C45H75N5O5Si3/c1-41(2,3)57(12,13)53-30-44-22-23-45(55-44,31-54-58(14,15)42(4,5)6)27-34(26-44)36-16-17-37(38(48-36)33-18-20-43(7,8)21-19-33)49-40(51)39-47-35(28-46)29-50(39)32-52-24-25-56(9,10)11/h16-18,29,34H,19-27,30-32H2,1-15H3,(H,49,51)/i22D,23D,26D,34D. The fraction of sp³-hybridized carbons (Fsp3) is 0.733. The molecular weight excluding hydrogens is 775 g/mol. The molecule has 0 radical (unpaired) electrons. The third-order valence-electron chi connectivity index (χ3n) is 13.0. The van der Waals surface area contributed by atoms with E-state index in [2.05, 4.69) is 118 Å². The first kappa shape index (κ1) is 40.9. The number of fused-ring (bicyclic) bond motifs is 2. The zero-order valence-electron chi connectivity index (χ0n) is 42.2. The molecule has 2 aromatic rings. The van der Waals surface area contributed by atoms with Gasteiger partial charge < -0.3 is 28.2 Å². The van der Waals surface area contributed by atoms with Gasteiger partial charge in [-0.3, -0.25) is 9.78 Å². The normalized spacial score (nSPS) is 30.1. The van der Waals surface area contributed by atoms with Gasteiger partial charge in [-0.1, -0.05) is 81.1 Å². The number of anilines is 1. The number of nitriles is 1. The topological polar surface area (TPSA) is 121 Å². The van der Waals surface area contributed by atoms with Gasteiger partial charge in [0, 0.05) is 37.9 Å². The zero-order valence-corrected chi connectivity index (χ0v) is 41.2. The van der Waals surface area contributed by atoms with Crippen molar-refractivity contribution in [3.05, 3.63) is 47.3 Å². The molecule has 2 bridgehead atoms. The van der Waals surface area contributed by atoms with Gasteiger partial charge in [-0.25, -0.2) is 4.98 Å². The molecule has 0 spiro atoms. The highest BCUT2D eigenvalue weighted by Crippen LogP contribution is 2.55. The minimum absolute atomic E-state index is 0.0165. The van der Waals surface area contributed by atoms with Crippen molar-refractivity contribution in [1.29, 1.82) is 5.26 Å². The number of hydrogen-bond donors (Lipinski definition) is 1. The van der Waals surface area contributed by atoms with E-state index in [1.807, 2.05) is 6.07 Å². The Bertz CT molecular complexity index is 2060. The van der Waals surface area contributed by atoms with Crippen LogP contribution in [0.4, 0.5) is 5.69 Å². The molecule has 0 saturated carbocycles. The maximum Gasteiger partial charge on any atom is 0.291 e. The van der Waals surface area contributed by atoms with Crippen molar-refractivity contribution in [3.63, 3.8) is 0 Å². The van der Waals surface area contributed by atoms with Crippen LogP contribution in [-0.4, -0.2) is 76.2 Å². The van der Waals surface area contributed by atoms with E-state index in [9.17, 15) is 15.5 Å². The van der Waals surface area contributed by atoms with Crippen LogP contribution in [0.5, 0.6) is 0 Å². The van der Waals surface area contributed by atoms with E-state index in [0.29, 0.717) is 30.1 Å². The van der Waals surface area contributed by atoms with E-state index in [4.69, 9.17) is 23.3 Å². The van der Waals surface area contributed by atoms with Crippen LogP contribution in [0.1, 0.15) is 139 Å². The van der Waals surface area contributed by atoms with E-state index in [0.717, 1.165) is 24.5 Å². The van der Waals surface area contributed by atoms with E-state index < -0.39 is 66.9 Å². The lowest BCUT2D eigenvalue weighted by Crippen LogP contribution is -2.53. The number of ether oxygens (including phenoxy) is 2. The fourth-order valence-electron chi connectivity index (χ4n) is 6.77. The number of hydrogen-bond acceptors (Lipinski definition) is 8. The number of allylic oxidation sites excluding steroid dienone is 2. The van der Waals surface area contributed by atoms with Crippen LogP contribution >= 0.6 is 0 Å². The van der Waals surface area contributed by atoms with E-state index in [1.54, 1.807) is 16.7 Å². The maximum atomic E-state index is 14.1. The summed E-state index contributed by atoms with van der Waals surface area (Å²) >= 11 is 0. The molecule has 58 heavy (non-hydrogen) atoms. The molecule has 2 saturated heterocycles. The van der Waals surface area contributed by atoms with Crippen molar-refractivity contribution in [2.75, 3.05) is 25.1 Å². The third-order valence-corrected chi connectivity index (χ3v) is 23.6. The lowest BCUT2D eigenvalue weighted by molar-refractivity contribution is -0.173. The quantitative estimate of drug-likeness (QED) is 0.139. The summed E-state index contributed by atoms with van der Waals surface area (Å²) in [7, 11) is -6.19. The molecule has 1 amide bonds. The Kier molecular flexibility index (Phi) is 11.8. The Morgan fingerprint density at radius 1 is 1.02 bits per heavy atom. The van der Waals surface area contributed by atoms with Crippen molar-refractivity contribution in [1.82, 2.24) is 14.5 Å². The van der Waals surface area contributed by atoms with Crippen molar-refractivity contribution >= 4 is 41.9 Å². The third kappa shape index (κ3) is 11.1. The molecule has 1 aliphatic carbocycles. The number of nitrogens with zero attached hydrogens (tertiary/aromatic N) is 4. The number of amides is 1. The van der Waals surface area contributed by atoms with Gasteiger partial charge in [0.05, 0.1) is 35.8 Å². The number of aromatic nitrogens is 3. The Balaban J connectivity index is 1.61. The molecule has 322 valence electrons. The molecule has 0 aromatic carbocycles. The average molecular weight is 854 g/mol. The second-order valence-electron chi connectivity index (χ2n) is 21.9. The van der Waals surface area contributed by atoms with Crippen LogP contribution in [0, 0.1) is 16.7 Å². The van der Waals surface area contributed by atoms with E-state index in [1.165, 1.54) is 6.20 Å². The smallest absolute Gasteiger partial charge is 0.291 e. The SMILES string of the molecule is [2H]C1C([2H])C2(CO[Si](C)(C)C(C)(C)C)OC1(CO[Si](C)(C)C(C)(C)C)CC([2H])(c1ccc(NC(=O)c3nc(C#N)cn3COCC[Si](C)(C)C)c(C3=CCC(C)(C)CC3)n1)C2[2H]. The molecular formula is C45H75N5O5Si3. The highest BCUT2D eigenvalue weighted by Gasteiger charge is 2.57. The largest absolute Gasteiger partial charge is 0.414 e. The van der Waals surface area contributed by atoms with E-state index in [-0.39, 0.29) is 53.4 Å². The summed E-state index contributed by atoms with van der Waals surface area (Å²) in [5.41, 5.74) is -0.694. The van der Waals surface area contributed by atoms with Crippen LogP contribution in [0.25, 0.3) is 5.57 Å². The van der Waals surface area contributed by atoms with Crippen LogP contribution in [0.15, 0.2) is 24.4 Å². The van der Waals surface area contributed by atoms with Gasteiger partial charge in [-0.05, 0) is 110 Å². The molecule has 2 aliphatic heterocycles. The van der Waals surface area contributed by atoms with Crippen LogP contribution in [0.2, 0.25) is 61.9 Å². The fourth-order valence-corrected chi connectivity index (χ4v) is 9.58. The van der Waals surface area contributed by atoms with Crippen molar-refractivity contribution < 1.29 is 28.6 Å². The highest BCUT2D eigenvalue weighted by atomic mass is 28.4. The van der Waals surface area contributed by atoms with E-state index >= 15 is 0 Å². The molecule has 13 heteroatoms. The molecule has 2 fully saturated rings. The summed E-state index contributed by atoms with van der Waals surface area (Å²) in [6.45, 7) is 33.1. The first-order chi connectivity index (χ1) is 28.2. The molecule has 6 atom stereocenters. The van der Waals surface area contributed by atoms with Crippen molar-refractivity contribution in [2.24, 2.45) is 5.41 Å². The summed E-state index contributed by atoms with van der Waals surface area (Å²) in [5, 5.41) is 12.5. The molecule has 4 heterocycles. The molecule has 10 nitrogen and oxygen atoms in total. The zero-order chi connectivity index (χ0) is 46.7. The Labute approximate surface area is 359 Å². The second-order valence-corrected chi connectivity index (χ2v) is 37.2. The minimum atomic E-state index is -2.44. The first-order valence-electron chi connectivity index (χ1n) is 23.3. The number of nitrogens with one attached hydrogen (secondary N) is 1. The predicted octanol–water partition coefficient (Wildman–Crippen LogP) is 11.5. The van der Waals surface area contributed by atoms with Crippen molar-refractivity contribution in [2.45, 2.75) is 186 Å². The summed E-state index contributed by atoms with van der Waals surface area (Å²) in [6, 6.07) is 6.43. The summed E-state index contributed by atoms with van der Waals surface area (Å²) < 4.78 is 67.9. The van der Waals surface area contributed by atoms with Gasteiger partial charge in [-0.2, -0.15) is 5.26 Å². The number of imidazole rings is 1. The lowest BCUT2D eigenvalue weighted by atomic mass is 9.77. The monoisotopic (exact) mass is 854 g/mol. The van der Waals surface area contributed by atoms with Crippen LogP contribution in [-0.2, 0) is 25.1 Å². The van der Waals surface area contributed by atoms with Gasteiger partial charge in [0.15, 0.2) is 22.3 Å². The number of rotatable bonds is 15. The molecule has 5 rings (SSSR count). The Morgan fingerprint density at radius 3 is 2.21 bits per heavy atom.